The third kappa shape index (κ3) is 29.4. The van der Waals surface area contributed by atoms with E-state index < -0.39 is 75.7 Å². The van der Waals surface area contributed by atoms with Crippen molar-refractivity contribution >= 4 is 19.8 Å². The third-order valence-corrected chi connectivity index (χ3v) is 10.7. The van der Waals surface area contributed by atoms with Crippen LogP contribution < -0.4 is 0 Å². The molecule has 0 spiro atoms. The van der Waals surface area contributed by atoms with Crippen molar-refractivity contribution in [3.8, 4) is 0 Å². The lowest BCUT2D eigenvalue weighted by molar-refractivity contribution is -0.220. The topological polar surface area (TPSA) is 230 Å². The van der Waals surface area contributed by atoms with Crippen molar-refractivity contribution in [2.24, 2.45) is 0 Å². The molecule has 0 aliphatic heterocycles. The Morgan fingerprint density at radius 1 is 0.565 bits per heavy atom. The number of aliphatic hydroxyl groups excluding tert-OH is 6. The predicted octanol–water partition coefficient (Wildman–Crippen LogP) is 7.47. The summed E-state index contributed by atoms with van der Waals surface area (Å²) in [6, 6.07) is 0. The summed E-state index contributed by atoms with van der Waals surface area (Å²) in [4.78, 5) is 35.6. The van der Waals surface area contributed by atoms with Crippen molar-refractivity contribution in [2.45, 2.75) is 185 Å². The van der Waals surface area contributed by atoms with E-state index in [0.717, 1.165) is 89.9 Å². The maximum atomic E-state index is 12.8. The molecule has 15 heteroatoms. The monoisotopic (exact) mass is 897 g/mol. The summed E-state index contributed by atoms with van der Waals surface area (Å²) >= 11 is 0. The molecule has 14 nitrogen and oxygen atoms in total. The maximum absolute atomic E-state index is 12.8. The summed E-state index contributed by atoms with van der Waals surface area (Å²) in [5.74, 6) is -1.21. The first kappa shape index (κ1) is 57.0. The molecular formula is C47H77O14P. The van der Waals surface area contributed by atoms with E-state index in [1.807, 2.05) is 12.2 Å². The van der Waals surface area contributed by atoms with E-state index in [4.69, 9.17) is 18.5 Å². The van der Waals surface area contributed by atoms with Crippen LogP contribution in [0.5, 0.6) is 0 Å². The van der Waals surface area contributed by atoms with E-state index >= 15 is 0 Å². The largest absolute Gasteiger partial charge is 0.472 e. The minimum absolute atomic E-state index is 0.0000519. The van der Waals surface area contributed by atoms with Gasteiger partial charge in [0, 0.05) is 12.8 Å². The van der Waals surface area contributed by atoms with Gasteiger partial charge in [-0.25, -0.2) is 4.57 Å². The number of phosphoric ester groups is 1. The number of hydrogen-bond acceptors (Lipinski definition) is 13. The molecule has 0 amide bonds. The van der Waals surface area contributed by atoms with Crippen LogP contribution in [-0.2, 0) is 32.7 Å². The van der Waals surface area contributed by atoms with E-state index in [9.17, 15) is 49.7 Å². The number of unbranched alkanes of at least 4 members (excludes halogenated alkanes) is 7. The van der Waals surface area contributed by atoms with Crippen LogP contribution in [0.1, 0.15) is 136 Å². The number of esters is 2. The highest BCUT2D eigenvalue weighted by Crippen LogP contribution is 2.47. The standard InChI is InChI=1S/C47H77O14P/c1-3-4-5-6-7-8-9-10-12-16-19-22-25-28-31-34-40(49)58-36-39(37-59-62(56,57)61-47-45(54)43(52)42(51)44(53)46(47)55)60-41(50)35-32-29-26-23-20-17-14-11-13-15-18-21-24-27-30-33-38(2)48/h4-5,7-8,10,12-15,17,21,23-24,26,38-39,42-48,51-55H,3,6,9,11,16,18-20,22,25,27-37H2,1-2H3,(H,56,57)/b5-4-,8-7-,12-10-,15-13-,17-14-,24-21-,26-23-/t38-,39+,42?,43-,44+,45+,46+,47?/m0/s1. The van der Waals surface area contributed by atoms with Crippen LogP contribution >= 0.6 is 7.82 Å². The van der Waals surface area contributed by atoms with E-state index in [0.29, 0.717) is 19.3 Å². The summed E-state index contributed by atoms with van der Waals surface area (Å²) < 4.78 is 33.4. The SMILES string of the molecule is CC/C=C\C/C=C\C/C=C\CCCCCCCC(=O)OC[C@H](COP(=O)(O)OC1[C@H](O)[C@H](O)C(O)[C@H](O)[C@H]1O)OC(=O)CCC/C=C\C/C=C\C/C=C\C/C=C\CCC[C@H](C)O. The second kappa shape index (κ2) is 36.3. The number of hydrogen-bond donors (Lipinski definition) is 7. The van der Waals surface area contributed by atoms with Gasteiger partial charge in [0.15, 0.2) is 6.10 Å². The second-order valence-corrected chi connectivity index (χ2v) is 16.9. The van der Waals surface area contributed by atoms with Gasteiger partial charge in [0.1, 0.15) is 43.2 Å². The molecule has 1 aliphatic rings. The smallest absolute Gasteiger partial charge is 0.462 e. The molecule has 7 N–H and O–H groups in total. The van der Waals surface area contributed by atoms with Crippen molar-refractivity contribution in [1.82, 2.24) is 0 Å². The summed E-state index contributed by atoms with van der Waals surface area (Å²) in [5, 5.41) is 59.4. The highest BCUT2D eigenvalue weighted by Gasteiger charge is 2.51. The van der Waals surface area contributed by atoms with Crippen LogP contribution in [0.2, 0.25) is 0 Å². The fourth-order valence-electron chi connectivity index (χ4n) is 6.13. The van der Waals surface area contributed by atoms with Gasteiger partial charge in [0.2, 0.25) is 0 Å². The van der Waals surface area contributed by atoms with Crippen LogP contribution in [0.4, 0.5) is 0 Å². The molecule has 354 valence electrons. The fourth-order valence-corrected chi connectivity index (χ4v) is 7.11. The molecule has 0 radical (unpaired) electrons. The van der Waals surface area contributed by atoms with Crippen LogP contribution in [0.25, 0.3) is 0 Å². The molecule has 0 bridgehead atoms. The minimum atomic E-state index is -5.15. The van der Waals surface area contributed by atoms with Crippen molar-refractivity contribution < 1.29 is 68.2 Å². The van der Waals surface area contributed by atoms with Crippen LogP contribution in [0, 0.1) is 0 Å². The van der Waals surface area contributed by atoms with Gasteiger partial charge in [-0.05, 0) is 96.8 Å². The summed E-state index contributed by atoms with van der Waals surface area (Å²) in [6.45, 7) is 2.66. The fraction of sp³-hybridized carbons (Fsp3) is 0.660. The first-order chi connectivity index (χ1) is 29.8. The number of carbonyl (C=O) groups is 2. The van der Waals surface area contributed by atoms with E-state index in [1.54, 1.807) is 6.92 Å². The number of phosphoric acid groups is 1. The Labute approximate surface area is 370 Å². The molecule has 1 rings (SSSR count). The molecule has 0 aromatic rings. The van der Waals surface area contributed by atoms with Gasteiger partial charge >= 0.3 is 19.8 Å². The van der Waals surface area contributed by atoms with Crippen molar-refractivity contribution in [1.29, 1.82) is 0 Å². The Morgan fingerprint density at radius 3 is 1.53 bits per heavy atom. The zero-order valence-corrected chi connectivity index (χ0v) is 37.9. The molecule has 0 heterocycles. The molecule has 0 aromatic carbocycles. The highest BCUT2D eigenvalue weighted by atomic mass is 31.2. The number of rotatable bonds is 35. The Morgan fingerprint density at radius 2 is 1.00 bits per heavy atom. The predicted molar refractivity (Wildman–Crippen MR) is 241 cm³/mol. The van der Waals surface area contributed by atoms with E-state index in [1.165, 1.54) is 0 Å². The summed E-state index contributed by atoms with van der Waals surface area (Å²) in [6.07, 6.45) is 30.6. The maximum Gasteiger partial charge on any atom is 0.472 e. The van der Waals surface area contributed by atoms with E-state index in [-0.39, 0.29) is 18.9 Å². The van der Waals surface area contributed by atoms with Crippen molar-refractivity contribution in [3.05, 3.63) is 85.1 Å². The quantitative estimate of drug-likeness (QED) is 0.0142. The molecule has 0 aromatic heterocycles. The van der Waals surface area contributed by atoms with Crippen molar-refractivity contribution in [2.75, 3.05) is 13.2 Å². The Hall–Kier alpha value is -3.01. The molecular weight excluding hydrogens is 819 g/mol. The minimum Gasteiger partial charge on any atom is -0.462 e. The summed E-state index contributed by atoms with van der Waals surface area (Å²) in [7, 11) is -5.15. The van der Waals surface area contributed by atoms with Gasteiger partial charge < -0.3 is 45.0 Å². The van der Waals surface area contributed by atoms with Gasteiger partial charge in [-0.15, -0.1) is 0 Å². The van der Waals surface area contributed by atoms with Gasteiger partial charge in [0.05, 0.1) is 12.7 Å². The number of aliphatic hydroxyl groups is 6. The van der Waals surface area contributed by atoms with Gasteiger partial charge in [0.25, 0.3) is 0 Å². The van der Waals surface area contributed by atoms with Gasteiger partial charge in [-0.2, -0.15) is 0 Å². The molecule has 1 saturated carbocycles. The van der Waals surface area contributed by atoms with Crippen molar-refractivity contribution in [3.63, 3.8) is 0 Å². The first-order valence-electron chi connectivity index (χ1n) is 22.4. The lowest BCUT2D eigenvalue weighted by Gasteiger charge is -2.41. The molecule has 62 heavy (non-hydrogen) atoms. The van der Waals surface area contributed by atoms with Crippen LogP contribution in [0.15, 0.2) is 85.1 Å². The highest BCUT2D eigenvalue weighted by molar-refractivity contribution is 7.47. The normalized spacial score (nSPS) is 23.2. The van der Waals surface area contributed by atoms with Crippen LogP contribution in [-0.4, -0.2) is 110 Å². The number of allylic oxidation sites excluding steroid dienone is 14. The zero-order chi connectivity index (χ0) is 45.9. The number of carbonyl (C=O) groups excluding carboxylic acids is 2. The summed E-state index contributed by atoms with van der Waals surface area (Å²) in [5.41, 5.74) is 0. The molecule has 3 unspecified atom stereocenters. The molecule has 9 atom stereocenters. The van der Waals surface area contributed by atoms with E-state index in [2.05, 4.69) is 79.8 Å². The average molecular weight is 897 g/mol. The molecule has 0 saturated heterocycles. The Bertz CT molecular complexity index is 1420. The zero-order valence-electron chi connectivity index (χ0n) is 37.0. The average Bonchev–Trinajstić information content (AvgIpc) is 3.24. The van der Waals surface area contributed by atoms with Crippen LogP contribution in [0.3, 0.4) is 0 Å². The molecule has 1 fully saturated rings. The lowest BCUT2D eigenvalue weighted by atomic mass is 9.85. The number of ether oxygens (including phenoxy) is 2. The third-order valence-electron chi connectivity index (χ3n) is 9.74. The lowest BCUT2D eigenvalue weighted by Crippen LogP contribution is -2.64. The Balaban J connectivity index is 2.54. The second-order valence-electron chi connectivity index (χ2n) is 15.4. The van der Waals surface area contributed by atoms with Gasteiger partial charge in [-0.3, -0.25) is 18.6 Å². The first-order valence-corrected chi connectivity index (χ1v) is 23.9. The molecule has 1 aliphatic carbocycles. The van der Waals surface area contributed by atoms with Gasteiger partial charge in [-0.1, -0.05) is 111 Å². The Kier molecular flexibility index (Phi) is 33.4.